The van der Waals surface area contributed by atoms with Crippen LogP contribution in [0.1, 0.15) is 432 Å². The summed E-state index contributed by atoms with van der Waals surface area (Å²) in [7, 11) is 0. The molecule has 8 heterocycles. The van der Waals surface area contributed by atoms with E-state index in [9.17, 15) is 26.0 Å². The quantitative estimate of drug-likeness (QED) is 0.0329. The van der Waals surface area contributed by atoms with Crippen molar-refractivity contribution in [1.29, 1.82) is 0 Å². The Morgan fingerprint density at radius 2 is 0.300 bits per heavy atom. The van der Waals surface area contributed by atoms with Gasteiger partial charge >= 0.3 is 0 Å². The predicted octanol–water partition coefficient (Wildman–Crippen LogP) is 22.3. The van der Waals surface area contributed by atoms with Crippen molar-refractivity contribution in [3.05, 3.63) is 0 Å². The van der Waals surface area contributed by atoms with E-state index in [1.165, 1.54) is 0 Å². The van der Waals surface area contributed by atoms with Crippen LogP contribution in [-0.2, 0) is 0 Å². The van der Waals surface area contributed by atoms with Gasteiger partial charge < -0.3 is 70.1 Å². The van der Waals surface area contributed by atoms with Crippen LogP contribution in [0.4, 0.5) is 53.5 Å². The summed E-state index contributed by atoms with van der Waals surface area (Å²) >= 11 is 0. The first-order valence-corrected chi connectivity index (χ1v) is 52.7. The summed E-state index contributed by atoms with van der Waals surface area (Å²) < 4.78 is 0. The van der Waals surface area contributed by atoms with Crippen molar-refractivity contribution in [3.63, 3.8) is 0 Å². The second-order valence-electron chi connectivity index (χ2n) is 46.6. The lowest BCUT2D eigenvalue weighted by Gasteiger charge is -2.54. The van der Waals surface area contributed by atoms with E-state index >= 15 is 0 Å². The van der Waals surface area contributed by atoms with Gasteiger partial charge in [-0.15, -0.1) is 0 Å². The second-order valence-corrected chi connectivity index (χ2v) is 46.6. The molecular weight excluding hydrogens is 1630 g/mol. The molecule has 3 aromatic heterocycles. The summed E-state index contributed by atoms with van der Waals surface area (Å²) in [6, 6.07) is -0.0738. The van der Waals surface area contributed by atoms with Gasteiger partial charge in [-0.1, -0.05) is 146 Å². The molecule has 130 heavy (non-hydrogen) atoms. The zero-order valence-electron chi connectivity index (χ0n) is 88.6. The normalized spacial score (nSPS) is 20.8. The highest BCUT2D eigenvalue weighted by Crippen LogP contribution is 2.48. The molecule has 5 N–H and O–H groups in total. The molecule has 0 saturated carbocycles. The molecule has 28 nitrogen and oxygen atoms in total. The van der Waals surface area contributed by atoms with Gasteiger partial charge in [0.05, 0.1) is 0 Å². The first kappa shape index (κ1) is 110. The minimum absolute atomic E-state index is 0.0209. The van der Waals surface area contributed by atoms with Crippen molar-refractivity contribution in [2.75, 3.05) is 129 Å². The van der Waals surface area contributed by atoms with Gasteiger partial charge in [0, 0.05) is 171 Å². The van der Waals surface area contributed by atoms with Crippen LogP contribution in [0.15, 0.2) is 0 Å². The number of anilines is 9. The number of hydrogen-bond acceptors (Lipinski definition) is 28. The molecule has 5 aliphatic heterocycles. The van der Waals surface area contributed by atoms with Gasteiger partial charge in [0.15, 0.2) is 0 Å². The fourth-order valence-corrected chi connectivity index (χ4v) is 22.9. The van der Waals surface area contributed by atoms with Crippen molar-refractivity contribution in [2.24, 2.45) is 0 Å². The summed E-state index contributed by atoms with van der Waals surface area (Å²) in [4.78, 5) is 73.5. The Labute approximate surface area is 792 Å². The number of aromatic nitrogens is 9. The Bertz CT molecular complexity index is 3410. The van der Waals surface area contributed by atoms with Crippen molar-refractivity contribution < 1.29 is 26.0 Å². The third kappa shape index (κ3) is 29.0. The van der Waals surface area contributed by atoms with E-state index in [0.29, 0.717) is 69.5 Å². The Morgan fingerprint density at radius 1 is 0.185 bits per heavy atom. The molecule has 3 aromatic rings. The average Bonchev–Trinajstić information content (AvgIpc) is 0.760. The van der Waals surface area contributed by atoms with Gasteiger partial charge in [-0.05, 0) is 286 Å². The van der Waals surface area contributed by atoms with Gasteiger partial charge in [-0.3, -0.25) is 0 Å². The lowest BCUT2D eigenvalue weighted by atomic mass is 9.78. The molecule has 5 saturated heterocycles. The third-order valence-electron chi connectivity index (χ3n) is 29.6. The highest BCUT2D eigenvalue weighted by atomic mass is 16.5. The highest BCUT2D eigenvalue weighted by molar-refractivity contribution is 5.52. The minimum atomic E-state index is -0.598. The Morgan fingerprint density at radius 3 is 0.438 bits per heavy atom. The maximum Gasteiger partial charge on any atom is 0.232 e. The van der Waals surface area contributed by atoms with E-state index in [1.54, 1.807) is 25.3 Å². The van der Waals surface area contributed by atoms with E-state index < -0.39 is 55.4 Å². The zero-order valence-corrected chi connectivity index (χ0v) is 88.6. The summed E-state index contributed by atoms with van der Waals surface area (Å²) in [6.07, 6.45) is 33.3. The minimum Gasteiger partial charge on any atom is -0.341 e. The molecule has 8 rings (SSSR count). The highest BCUT2D eigenvalue weighted by Gasteiger charge is 2.54. The molecule has 0 aromatic carbocycles. The molecule has 0 bridgehead atoms. The molecular formula is C102H195N23O5. The van der Waals surface area contributed by atoms with Crippen molar-refractivity contribution in [1.82, 2.24) is 70.2 Å². The van der Waals surface area contributed by atoms with Crippen LogP contribution in [-0.4, -0.2) is 267 Å². The van der Waals surface area contributed by atoms with E-state index in [1.807, 2.05) is 0 Å². The van der Waals surface area contributed by atoms with Gasteiger partial charge in [-0.2, -0.15) is 70.2 Å². The summed E-state index contributed by atoms with van der Waals surface area (Å²) in [5.41, 5.74) is -5.56. The number of hydroxylamine groups is 10. The lowest BCUT2D eigenvalue weighted by molar-refractivity contribution is -0.244. The average molecular weight is 1820 g/mol. The topological polar surface area (TPSA) is 263 Å². The second kappa shape index (κ2) is 48.2. The zero-order chi connectivity index (χ0) is 96.2. The van der Waals surface area contributed by atoms with Crippen LogP contribution in [0.2, 0.25) is 0 Å². The maximum atomic E-state index is 12.3. The van der Waals surface area contributed by atoms with Crippen molar-refractivity contribution in [2.45, 2.75) is 518 Å². The lowest BCUT2D eigenvalue weighted by Crippen LogP contribution is -2.64. The fourth-order valence-electron chi connectivity index (χ4n) is 22.9. The molecule has 0 radical (unpaired) electrons. The molecule has 28 heteroatoms. The largest absolute Gasteiger partial charge is 0.341 e. The predicted molar refractivity (Wildman–Crippen MR) is 540 cm³/mol. The van der Waals surface area contributed by atoms with E-state index in [-0.39, 0.29) is 30.2 Å². The van der Waals surface area contributed by atoms with Crippen LogP contribution >= 0.6 is 0 Å². The monoisotopic (exact) mass is 1820 g/mol. The smallest absolute Gasteiger partial charge is 0.232 e. The Kier molecular flexibility index (Phi) is 40.9. The number of hydrogen-bond donors (Lipinski definition) is 5. The van der Waals surface area contributed by atoms with Crippen LogP contribution in [0.3, 0.4) is 0 Å². The molecule has 5 aliphatic rings. The molecule has 5 fully saturated rings. The molecule has 0 atom stereocenters. The number of nitrogens with zero attached hydrogens (tertiary/aromatic N) is 23. The van der Waals surface area contributed by atoms with Crippen LogP contribution in [0.25, 0.3) is 0 Å². The molecule has 748 valence electrons. The van der Waals surface area contributed by atoms with E-state index in [0.717, 1.165) is 300 Å². The van der Waals surface area contributed by atoms with E-state index in [2.05, 4.69) is 245 Å². The first-order valence-electron chi connectivity index (χ1n) is 52.7. The van der Waals surface area contributed by atoms with Gasteiger partial charge in [0.1, 0.15) is 0 Å². The number of unbranched alkanes of at least 4 members (excludes halogenated alkanes) is 15. The number of rotatable bonds is 55. The standard InChI is InChI=1S/C102H195N23O5/c1-30-39-56-112(57-40-31-2)84-103-85(113(58-41-32-3)59-42-33-4)106-88(105-84)117(80-71-95(14,15)122(127)96(16,17)72-80)65-52-48-50-54-67-119(82-75-99(22,23)124(129)100(24,25)76-82)91-109-90(116(64-47-38-9)79-69-93(10,11)121(126)94(12,13)70-79)110-92(111-91)120(83-77-101(26,27)125(130)102(28,29)78-83)68-55-51-49-53-66-118(81-73-97(18,19)123(128)98(20,21)74-81)89-107-86(114(60-43-34-5)61-44-35-6)104-87(108-89)115(62-45-36-7)63-46-37-8/h79-83,126-130H,30-78H2,1-29H3. The summed E-state index contributed by atoms with van der Waals surface area (Å²) in [5, 5.41) is 68.5. The van der Waals surface area contributed by atoms with E-state index in [4.69, 9.17) is 44.9 Å². The van der Waals surface area contributed by atoms with Crippen LogP contribution in [0, 0.1) is 0 Å². The van der Waals surface area contributed by atoms with Gasteiger partial charge in [-0.25, -0.2) is 0 Å². The molecule has 0 unspecified atom stereocenters. The SMILES string of the molecule is CCCCN(CCCC)c1nc(N(CCCC)CCCC)nc(N(CCCCCCN(c2nc(N(CCCC)C3CC(C)(C)N(O)C(C)(C)C3)nc(N(CCCCCCN(c3nc(N(CCCC)CCCC)nc(N(CCCC)CCCC)n3)C3CC(C)(C)N(O)C(C)(C)C3)C3CC(C)(C)N(O)C(C)(C)C3)n2)C2CC(C)(C)N(O)C(C)(C)C2)C2CC(C)(C)N(O)C(C)(C)C2)n1. The first-order chi connectivity index (χ1) is 61.1. The Balaban J connectivity index is 1.24. The van der Waals surface area contributed by atoms with Crippen LogP contribution in [0.5, 0.6) is 0 Å². The fraction of sp³-hybridized carbons (Fsp3) is 0.912. The van der Waals surface area contributed by atoms with Crippen molar-refractivity contribution >= 4 is 53.5 Å². The maximum absolute atomic E-state index is 12.3. The summed E-state index contributed by atoms with van der Waals surface area (Å²) in [6.45, 7) is 74.5. The van der Waals surface area contributed by atoms with Gasteiger partial charge in [0.2, 0.25) is 53.5 Å². The van der Waals surface area contributed by atoms with Crippen LogP contribution < -0.4 is 44.1 Å². The molecule has 0 amide bonds. The third-order valence-corrected chi connectivity index (χ3v) is 29.6. The Hall–Kier alpha value is -5.17. The number of piperidine rings is 5. The van der Waals surface area contributed by atoms with Crippen molar-refractivity contribution in [3.8, 4) is 0 Å². The van der Waals surface area contributed by atoms with Gasteiger partial charge in [0.25, 0.3) is 0 Å². The summed E-state index contributed by atoms with van der Waals surface area (Å²) in [5.74, 6) is 6.52. The molecule has 0 spiro atoms. The molecule has 0 aliphatic carbocycles.